The second-order valence-electron chi connectivity index (χ2n) is 4.35. The molecule has 0 spiro atoms. The first-order valence-electron chi connectivity index (χ1n) is 6.55. The third kappa shape index (κ3) is 4.61. The van der Waals surface area contributed by atoms with Crippen LogP contribution in [0.4, 0.5) is 11.4 Å². The highest BCUT2D eigenvalue weighted by Gasteiger charge is 2.22. The summed E-state index contributed by atoms with van der Waals surface area (Å²) in [6.07, 6.45) is 0. The number of benzene rings is 1. The molecule has 0 fully saturated rings. The van der Waals surface area contributed by atoms with Crippen molar-refractivity contribution < 1.29 is 17.9 Å². The zero-order valence-electron chi connectivity index (χ0n) is 12.4. The van der Waals surface area contributed by atoms with Gasteiger partial charge in [0.2, 0.25) is 15.9 Å². The van der Waals surface area contributed by atoms with Crippen LogP contribution in [-0.4, -0.2) is 44.6 Å². The van der Waals surface area contributed by atoms with Crippen molar-refractivity contribution in [3.8, 4) is 5.75 Å². The number of nitrogens with two attached hydrogens (primary N) is 1. The number of sulfonamides is 1. The molecule has 7 nitrogen and oxygen atoms in total. The fraction of sp³-hybridized carbons (Fsp3) is 0.462. The molecule has 118 valence electrons. The highest BCUT2D eigenvalue weighted by Crippen LogP contribution is 2.24. The van der Waals surface area contributed by atoms with Crippen molar-refractivity contribution in [1.29, 1.82) is 0 Å². The number of ether oxygens (including phenoxy) is 1. The highest BCUT2D eigenvalue weighted by atomic mass is 32.2. The average Bonchev–Trinajstić information content (AvgIpc) is 2.39. The van der Waals surface area contributed by atoms with Gasteiger partial charge in [0.05, 0.1) is 12.8 Å². The Kier molecular flexibility index (Phi) is 5.98. The molecule has 0 aliphatic heterocycles. The standard InChI is InChI=1S/C13H21N3O4S/c1-4-16(5-2)21(18,19)9-13(17)15-10-6-7-12(20-3)11(14)8-10/h6-8H,4-5,9,14H2,1-3H3,(H,15,17). The number of hydrogen-bond donors (Lipinski definition) is 2. The predicted octanol–water partition coefficient (Wildman–Crippen LogP) is 0.887. The maximum absolute atomic E-state index is 12.0. The first-order valence-corrected chi connectivity index (χ1v) is 8.16. The van der Waals surface area contributed by atoms with Crippen molar-refractivity contribution in [1.82, 2.24) is 4.31 Å². The van der Waals surface area contributed by atoms with E-state index in [9.17, 15) is 13.2 Å². The maximum Gasteiger partial charge on any atom is 0.241 e. The Morgan fingerprint density at radius 1 is 1.33 bits per heavy atom. The maximum atomic E-state index is 12.0. The molecule has 0 aliphatic carbocycles. The molecule has 21 heavy (non-hydrogen) atoms. The minimum Gasteiger partial charge on any atom is -0.495 e. The van der Waals surface area contributed by atoms with E-state index in [0.717, 1.165) is 0 Å². The molecule has 0 heterocycles. The molecule has 1 amide bonds. The van der Waals surface area contributed by atoms with E-state index in [1.165, 1.54) is 17.5 Å². The van der Waals surface area contributed by atoms with Crippen LogP contribution < -0.4 is 15.8 Å². The molecule has 8 heteroatoms. The summed E-state index contributed by atoms with van der Waals surface area (Å²) in [5.41, 5.74) is 6.51. The van der Waals surface area contributed by atoms with Crippen LogP contribution in [0.2, 0.25) is 0 Å². The minimum atomic E-state index is -3.60. The van der Waals surface area contributed by atoms with Crippen molar-refractivity contribution in [2.45, 2.75) is 13.8 Å². The Balaban J connectivity index is 2.76. The molecule has 1 aromatic rings. The molecular formula is C13H21N3O4S. The van der Waals surface area contributed by atoms with Gasteiger partial charge in [0.15, 0.2) is 0 Å². The summed E-state index contributed by atoms with van der Waals surface area (Å²) in [5, 5.41) is 2.51. The number of carbonyl (C=O) groups excluding carboxylic acids is 1. The Morgan fingerprint density at radius 2 is 1.95 bits per heavy atom. The number of carbonyl (C=O) groups is 1. The second-order valence-corrected chi connectivity index (χ2v) is 6.31. The molecule has 0 aliphatic rings. The van der Waals surface area contributed by atoms with Crippen molar-refractivity contribution in [3.05, 3.63) is 18.2 Å². The zero-order valence-corrected chi connectivity index (χ0v) is 13.2. The van der Waals surface area contributed by atoms with E-state index < -0.39 is 21.7 Å². The lowest BCUT2D eigenvalue weighted by Crippen LogP contribution is -2.36. The topological polar surface area (TPSA) is 102 Å². The minimum absolute atomic E-state index is 0.335. The van der Waals surface area contributed by atoms with Crippen molar-refractivity contribution >= 4 is 27.3 Å². The Labute approximate surface area is 125 Å². The predicted molar refractivity (Wildman–Crippen MR) is 82.7 cm³/mol. The van der Waals surface area contributed by atoms with Gasteiger partial charge in [0, 0.05) is 18.8 Å². The number of amides is 1. The summed E-state index contributed by atoms with van der Waals surface area (Å²) in [6, 6.07) is 4.71. The summed E-state index contributed by atoms with van der Waals surface area (Å²) >= 11 is 0. The Bertz CT molecular complexity index is 597. The molecule has 0 aromatic heterocycles. The number of nitrogens with zero attached hydrogens (tertiary/aromatic N) is 1. The largest absolute Gasteiger partial charge is 0.495 e. The van der Waals surface area contributed by atoms with E-state index in [-0.39, 0.29) is 0 Å². The van der Waals surface area contributed by atoms with Gasteiger partial charge in [0.1, 0.15) is 11.5 Å². The monoisotopic (exact) mass is 315 g/mol. The van der Waals surface area contributed by atoms with Crippen LogP contribution in [0, 0.1) is 0 Å². The van der Waals surface area contributed by atoms with Gasteiger partial charge in [0.25, 0.3) is 0 Å². The van der Waals surface area contributed by atoms with Crippen LogP contribution in [-0.2, 0) is 14.8 Å². The second kappa shape index (κ2) is 7.28. The SMILES string of the molecule is CCN(CC)S(=O)(=O)CC(=O)Nc1ccc(OC)c(N)c1. The number of anilines is 2. The molecule has 0 saturated heterocycles. The number of rotatable bonds is 7. The quantitative estimate of drug-likeness (QED) is 0.728. The molecule has 3 N–H and O–H groups in total. The van der Waals surface area contributed by atoms with Crippen LogP contribution in [0.3, 0.4) is 0 Å². The van der Waals surface area contributed by atoms with Gasteiger partial charge in [-0.2, -0.15) is 0 Å². The molecule has 0 atom stereocenters. The number of methoxy groups -OCH3 is 1. The van der Waals surface area contributed by atoms with Gasteiger partial charge >= 0.3 is 0 Å². The van der Waals surface area contributed by atoms with E-state index in [1.807, 2.05) is 0 Å². The highest BCUT2D eigenvalue weighted by molar-refractivity contribution is 7.89. The van der Waals surface area contributed by atoms with Crippen molar-refractivity contribution in [2.24, 2.45) is 0 Å². The van der Waals surface area contributed by atoms with Gasteiger partial charge in [-0.1, -0.05) is 13.8 Å². The lowest BCUT2D eigenvalue weighted by atomic mass is 10.2. The average molecular weight is 315 g/mol. The number of nitrogens with one attached hydrogen (secondary N) is 1. The van der Waals surface area contributed by atoms with Crippen LogP contribution in [0.25, 0.3) is 0 Å². The Morgan fingerprint density at radius 3 is 2.43 bits per heavy atom. The molecule has 0 bridgehead atoms. The number of hydrogen-bond acceptors (Lipinski definition) is 5. The lowest BCUT2D eigenvalue weighted by Gasteiger charge is -2.18. The van der Waals surface area contributed by atoms with Crippen molar-refractivity contribution in [3.63, 3.8) is 0 Å². The fourth-order valence-electron chi connectivity index (χ4n) is 1.88. The fourth-order valence-corrected chi connectivity index (χ4v) is 3.26. The molecule has 1 rings (SSSR count). The zero-order chi connectivity index (χ0) is 16.0. The van der Waals surface area contributed by atoms with E-state index in [2.05, 4.69) is 5.32 Å². The summed E-state index contributed by atoms with van der Waals surface area (Å²) in [7, 11) is -2.11. The summed E-state index contributed by atoms with van der Waals surface area (Å²) in [6.45, 7) is 4.12. The van der Waals surface area contributed by atoms with E-state index in [4.69, 9.17) is 10.5 Å². The third-order valence-electron chi connectivity index (χ3n) is 2.93. The molecule has 0 unspecified atom stereocenters. The third-order valence-corrected chi connectivity index (χ3v) is 4.86. The molecular weight excluding hydrogens is 294 g/mol. The van der Waals surface area contributed by atoms with Gasteiger partial charge in [-0.25, -0.2) is 12.7 Å². The first kappa shape index (κ1) is 17.3. The summed E-state index contributed by atoms with van der Waals surface area (Å²) in [5.74, 6) is -0.712. The summed E-state index contributed by atoms with van der Waals surface area (Å²) < 4.78 is 30.2. The summed E-state index contributed by atoms with van der Waals surface area (Å²) in [4.78, 5) is 11.8. The van der Waals surface area contributed by atoms with Crippen molar-refractivity contribution in [2.75, 3.05) is 37.0 Å². The van der Waals surface area contributed by atoms with Crippen LogP contribution in [0.15, 0.2) is 18.2 Å². The molecule has 0 radical (unpaired) electrons. The lowest BCUT2D eigenvalue weighted by molar-refractivity contribution is -0.113. The number of nitrogen functional groups attached to an aromatic ring is 1. The molecule has 1 aromatic carbocycles. The van der Waals surface area contributed by atoms with Crippen LogP contribution in [0.1, 0.15) is 13.8 Å². The smallest absolute Gasteiger partial charge is 0.241 e. The van der Waals surface area contributed by atoms with Crippen LogP contribution in [0.5, 0.6) is 5.75 Å². The first-order chi connectivity index (χ1) is 9.83. The normalized spacial score (nSPS) is 11.4. The van der Waals surface area contributed by atoms with E-state index >= 15 is 0 Å². The van der Waals surface area contributed by atoms with E-state index in [0.29, 0.717) is 30.2 Å². The van der Waals surface area contributed by atoms with Crippen LogP contribution >= 0.6 is 0 Å². The Hall–Kier alpha value is -1.80. The molecule has 0 saturated carbocycles. The van der Waals surface area contributed by atoms with Gasteiger partial charge in [-0.15, -0.1) is 0 Å². The van der Waals surface area contributed by atoms with Gasteiger partial charge in [-0.05, 0) is 18.2 Å². The van der Waals surface area contributed by atoms with E-state index in [1.54, 1.807) is 26.0 Å². The van der Waals surface area contributed by atoms with Gasteiger partial charge in [-0.3, -0.25) is 4.79 Å². The van der Waals surface area contributed by atoms with Gasteiger partial charge < -0.3 is 15.8 Å².